The van der Waals surface area contributed by atoms with E-state index in [1.807, 2.05) is 58.0 Å². The van der Waals surface area contributed by atoms with Crippen molar-refractivity contribution in [1.82, 2.24) is 20.1 Å². The van der Waals surface area contributed by atoms with Crippen molar-refractivity contribution < 1.29 is 23.1 Å². The van der Waals surface area contributed by atoms with Crippen LogP contribution in [0.2, 0.25) is 0 Å². The average Bonchev–Trinajstić information content (AvgIpc) is 2.95. The molecule has 0 spiro atoms. The van der Waals surface area contributed by atoms with Gasteiger partial charge in [0.2, 0.25) is 10.0 Å². The number of hydrogen-bond acceptors (Lipinski definition) is 6. The third-order valence-corrected chi connectivity index (χ3v) is 8.21. The molecule has 0 saturated carbocycles. The third kappa shape index (κ3) is 11.2. The molecule has 0 heterocycles. The summed E-state index contributed by atoms with van der Waals surface area (Å²) in [6.45, 7) is 10.8. The Labute approximate surface area is 251 Å². The van der Waals surface area contributed by atoms with Gasteiger partial charge in [-0.25, -0.2) is 13.4 Å². The van der Waals surface area contributed by atoms with Gasteiger partial charge in [0.1, 0.15) is 0 Å². The highest BCUT2D eigenvalue weighted by atomic mass is 32.2. The first-order chi connectivity index (χ1) is 19.9. The van der Waals surface area contributed by atoms with Crippen molar-refractivity contribution in [2.24, 2.45) is 5.92 Å². The van der Waals surface area contributed by atoms with Gasteiger partial charge < -0.3 is 15.3 Å². The Hall–Kier alpha value is -3.23. The van der Waals surface area contributed by atoms with E-state index in [0.29, 0.717) is 37.2 Å². The standard InChI is InChI=1S/C32H46N4O5S/c1-7-16-35(17-8-2)32(39)28-19-25(9-3)18-27(21-28)31(38)33-29(20-26-14-12-11-13-15-26)30(37)22-36(10-4)34-42(40,41)23-24(5)6/h3,11-15,18-19,21,24,29-30,34,37H,7-8,10,16-17,20,22-23H2,1-2,4-6H3,(H,33,38). The molecule has 0 aliphatic rings. The molecule has 2 aromatic rings. The number of likely N-dealkylation sites (N-methyl/N-ethyl adjacent to an activating group) is 1. The number of sulfonamides is 1. The molecule has 0 aliphatic carbocycles. The maximum absolute atomic E-state index is 13.6. The van der Waals surface area contributed by atoms with Crippen LogP contribution in [0.1, 0.15) is 79.3 Å². The molecule has 230 valence electrons. The highest BCUT2D eigenvalue weighted by Crippen LogP contribution is 2.15. The molecule has 2 aromatic carbocycles. The van der Waals surface area contributed by atoms with Crippen LogP contribution in [0.5, 0.6) is 0 Å². The van der Waals surface area contributed by atoms with E-state index >= 15 is 0 Å². The molecule has 2 unspecified atom stereocenters. The summed E-state index contributed by atoms with van der Waals surface area (Å²) < 4.78 is 25.1. The van der Waals surface area contributed by atoms with Gasteiger partial charge in [-0.3, -0.25) is 9.59 Å². The van der Waals surface area contributed by atoms with Crippen LogP contribution in [0, 0.1) is 18.3 Å². The monoisotopic (exact) mass is 598 g/mol. The number of nitrogens with zero attached hydrogens (tertiary/aromatic N) is 2. The number of amides is 2. The van der Waals surface area contributed by atoms with Gasteiger partial charge in [0, 0.05) is 42.9 Å². The first-order valence-electron chi connectivity index (χ1n) is 14.6. The minimum atomic E-state index is -3.60. The summed E-state index contributed by atoms with van der Waals surface area (Å²) in [6, 6.07) is 13.3. The Morgan fingerprint density at radius 1 is 1.00 bits per heavy atom. The number of aliphatic hydroxyl groups excluding tert-OH is 1. The number of benzene rings is 2. The molecule has 3 N–H and O–H groups in total. The van der Waals surface area contributed by atoms with Crippen LogP contribution in [0.25, 0.3) is 0 Å². The van der Waals surface area contributed by atoms with Gasteiger partial charge >= 0.3 is 0 Å². The third-order valence-electron chi connectivity index (χ3n) is 6.57. The minimum Gasteiger partial charge on any atom is -0.390 e. The van der Waals surface area contributed by atoms with E-state index < -0.39 is 28.1 Å². The van der Waals surface area contributed by atoms with E-state index in [9.17, 15) is 23.1 Å². The highest BCUT2D eigenvalue weighted by molar-refractivity contribution is 7.89. The lowest BCUT2D eigenvalue weighted by atomic mass is 9.99. The van der Waals surface area contributed by atoms with Crippen molar-refractivity contribution in [2.75, 3.05) is 31.9 Å². The lowest BCUT2D eigenvalue weighted by Crippen LogP contribution is -2.53. The number of rotatable bonds is 17. The van der Waals surface area contributed by atoms with Crippen LogP contribution >= 0.6 is 0 Å². The molecule has 2 amide bonds. The Balaban J connectivity index is 2.35. The van der Waals surface area contributed by atoms with E-state index in [1.165, 1.54) is 11.1 Å². The fraction of sp³-hybridized carbons (Fsp3) is 0.500. The zero-order chi connectivity index (χ0) is 31.3. The highest BCUT2D eigenvalue weighted by Gasteiger charge is 2.27. The van der Waals surface area contributed by atoms with Crippen molar-refractivity contribution >= 4 is 21.8 Å². The Bertz CT molecular complexity index is 1300. The lowest BCUT2D eigenvalue weighted by molar-refractivity contribution is 0.0634. The summed E-state index contributed by atoms with van der Waals surface area (Å²) >= 11 is 0. The number of hydrazine groups is 1. The van der Waals surface area contributed by atoms with Gasteiger partial charge in [-0.05, 0) is 48.9 Å². The lowest BCUT2D eigenvalue weighted by Gasteiger charge is -2.30. The van der Waals surface area contributed by atoms with Gasteiger partial charge in [-0.1, -0.05) is 70.9 Å². The largest absolute Gasteiger partial charge is 0.390 e. The van der Waals surface area contributed by atoms with Crippen molar-refractivity contribution in [3.63, 3.8) is 0 Å². The molecule has 2 atom stereocenters. The topological polar surface area (TPSA) is 119 Å². The van der Waals surface area contributed by atoms with Crippen LogP contribution in [0.3, 0.4) is 0 Å². The Morgan fingerprint density at radius 3 is 2.17 bits per heavy atom. The van der Waals surface area contributed by atoms with Gasteiger partial charge in [0.05, 0.1) is 17.9 Å². The minimum absolute atomic E-state index is 0.0513. The molecule has 10 heteroatoms. The molecule has 0 aromatic heterocycles. The fourth-order valence-corrected chi connectivity index (χ4v) is 6.21. The number of carbonyl (C=O) groups is 2. The molecule has 0 fully saturated rings. The molecule has 0 saturated heterocycles. The van der Waals surface area contributed by atoms with Gasteiger partial charge in [-0.2, -0.15) is 0 Å². The second kappa shape index (κ2) is 17.0. The average molecular weight is 599 g/mol. The second-order valence-corrected chi connectivity index (χ2v) is 12.6. The van der Waals surface area contributed by atoms with Crippen LogP contribution in [0.4, 0.5) is 0 Å². The summed E-state index contributed by atoms with van der Waals surface area (Å²) in [5.41, 5.74) is 1.82. The molecule has 0 aliphatic heterocycles. The number of aliphatic hydroxyl groups is 1. The molecule has 42 heavy (non-hydrogen) atoms. The summed E-state index contributed by atoms with van der Waals surface area (Å²) in [6.07, 6.45) is 6.45. The SMILES string of the molecule is C#Cc1cc(C(=O)NC(Cc2ccccc2)C(O)CN(CC)NS(=O)(=O)CC(C)C)cc(C(=O)N(CCC)CCC)c1. The van der Waals surface area contributed by atoms with Crippen molar-refractivity contribution in [3.8, 4) is 12.3 Å². The number of terminal acetylenes is 1. The number of carbonyl (C=O) groups excluding carboxylic acids is 2. The van der Waals surface area contributed by atoms with Crippen LogP contribution in [-0.2, 0) is 16.4 Å². The van der Waals surface area contributed by atoms with Crippen molar-refractivity contribution in [2.45, 2.75) is 66.0 Å². The summed E-state index contributed by atoms with van der Waals surface area (Å²) in [7, 11) is -3.60. The quantitative estimate of drug-likeness (QED) is 0.190. The summed E-state index contributed by atoms with van der Waals surface area (Å²) in [5.74, 6) is 1.72. The number of hydrogen-bond donors (Lipinski definition) is 3. The van der Waals surface area contributed by atoms with E-state index in [1.54, 1.807) is 24.0 Å². The van der Waals surface area contributed by atoms with E-state index in [4.69, 9.17) is 6.42 Å². The summed E-state index contributed by atoms with van der Waals surface area (Å²) in [4.78, 5) is 31.2. The summed E-state index contributed by atoms with van der Waals surface area (Å²) in [5, 5.41) is 15.6. The van der Waals surface area contributed by atoms with E-state index in [0.717, 1.165) is 18.4 Å². The first kappa shape index (κ1) is 35.0. The van der Waals surface area contributed by atoms with Crippen LogP contribution in [0.15, 0.2) is 48.5 Å². The molecule has 2 rings (SSSR count). The van der Waals surface area contributed by atoms with Gasteiger partial charge in [-0.15, -0.1) is 11.3 Å². The predicted octanol–water partition coefficient (Wildman–Crippen LogP) is 3.44. The fourth-order valence-electron chi connectivity index (χ4n) is 4.66. The zero-order valence-electron chi connectivity index (χ0n) is 25.5. The van der Waals surface area contributed by atoms with Crippen molar-refractivity contribution in [1.29, 1.82) is 0 Å². The zero-order valence-corrected chi connectivity index (χ0v) is 26.3. The number of nitrogens with one attached hydrogen (secondary N) is 2. The van der Waals surface area contributed by atoms with Crippen LogP contribution < -0.4 is 10.1 Å². The maximum atomic E-state index is 13.6. The van der Waals surface area contributed by atoms with Gasteiger partial charge in [0.15, 0.2) is 0 Å². The molecule has 9 nitrogen and oxygen atoms in total. The smallest absolute Gasteiger partial charge is 0.253 e. The van der Waals surface area contributed by atoms with Crippen molar-refractivity contribution in [3.05, 3.63) is 70.8 Å². The molecular weight excluding hydrogens is 552 g/mol. The second-order valence-electron chi connectivity index (χ2n) is 10.9. The molecule has 0 bridgehead atoms. The normalized spacial score (nSPS) is 13.0. The molecule has 0 radical (unpaired) electrons. The first-order valence-corrected chi connectivity index (χ1v) is 16.3. The maximum Gasteiger partial charge on any atom is 0.253 e. The van der Waals surface area contributed by atoms with Crippen LogP contribution in [-0.4, -0.2) is 79.3 Å². The van der Waals surface area contributed by atoms with Gasteiger partial charge in [0.25, 0.3) is 11.8 Å². The predicted molar refractivity (Wildman–Crippen MR) is 167 cm³/mol. The Kier molecular flexibility index (Phi) is 14.2. The van der Waals surface area contributed by atoms with E-state index in [2.05, 4.69) is 16.1 Å². The van der Waals surface area contributed by atoms with E-state index in [-0.39, 0.29) is 29.7 Å². The Morgan fingerprint density at radius 2 is 1.62 bits per heavy atom. The molecular formula is C32H46N4O5S.